The number of ether oxygens (including phenoxy) is 1. The van der Waals surface area contributed by atoms with Gasteiger partial charge in [0.2, 0.25) is 0 Å². The van der Waals surface area contributed by atoms with Gasteiger partial charge >= 0.3 is 5.97 Å². The van der Waals surface area contributed by atoms with Crippen molar-refractivity contribution in [2.24, 2.45) is 4.99 Å². The molecule has 0 aromatic heterocycles. The quantitative estimate of drug-likeness (QED) is 0.795. The van der Waals surface area contributed by atoms with Crippen LogP contribution in [-0.2, 0) is 4.74 Å². The summed E-state index contributed by atoms with van der Waals surface area (Å²) in [6.45, 7) is 6.11. The average molecular weight is 307 g/mol. The van der Waals surface area contributed by atoms with E-state index in [9.17, 15) is 4.79 Å². The van der Waals surface area contributed by atoms with E-state index in [1.807, 2.05) is 43.3 Å². The van der Waals surface area contributed by atoms with Gasteiger partial charge < -0.3 is 4.74 Å². The molecular formula is C20H21NO2. The van der Waals surface area contributed by atoms with Crippen molar-refractivity contribution in [3.63, 3.8) is 0 Å². The van der Waals surface area contributed by atoms with Crippen LogP contribution >= 0.6 is 0 Å². The van der Waals surface area contributed by atoms with E-state index in [-0.39, 0.29) is 23.5 Å². The van der Waals surface area contributed by atoms with E-state index in [2.05, 4.69) is 26.0 Å². The first-order valence-electron chi connectivity index (χ1n) is 7.86. The molecule has 118 valence electrons. The molecular weight excluding hydrogens is 286 g/mol. The van der Waals surface area contributed by atoms with Crippen molar-refractivity contribution in [3.05, 3.63) is 71.8 Å². The van der Waals surface area contributed by atoms with Gasteiger partial charge in [-0.1, -0.05) is 48.5 Å². The molecule has 3 nitrogen and oxygen atoms in total. The van der Waals surface area contributed by atoms with E-state index in [1.165, 1.54) is 0 Å². The summed E-state index contributed by atoms with van der Waals surface area (Å²) in [4.78, 5) is 17.2. The molecule has 0 N–H and O–H groups in total. The largest absolute Gasteiger partial charge is 0.452 e. The fourth-order valence-corrected chi connectivity index (χ4v) is 3.35. The number of nitrogens with zero attached hydrogens (tertiary/aromatic N) is 1. The van der Waals surface area contributed by atoms with Crippen molar-refractivity contribution < 1.29 is 9.53 Å². The van der Waals surface area contributed by atoms with E-state index < -0.39 is 0 Å². The molecule has 1 aliphatic rings. The standard InChI is InChI=1S/C20H21NO2/c1-14-18(23-19(22)16-12-8-5-9-13-16)17(20(2,3)21-14)15-10-6-4-7-11-15/h4-13,17-18H,1-3H3. The van der Waals surface area contributed by atoms with Gasteiger partial charge in [-0.15, -0.1) is 0 Å². The van der Waals surface area contributed by atoms with Crippen molar-refractivity contribution in [1.82, 2.24) is 0 Å². The molecule has 0 bridgehead atoms. The fourth-order valence-electron chi connectivity index (χ4n) is 3.35. The third-order valence-electron chi connectivity index (χ3n) is 4.34. The van der Waals surface area contributed by atoms with Crippen LogP contribution in [0.2, 0.25) is 0 Å². The van der Waals surface area contributed by atoms with Gasteiger partial charge in [0.15, 0.2) is 0 Å². The van der Waals surface area contributed by atoms with Crippen molar-refractivity contribution >= 4 is 11.7 Å². The van der Waals surface area contributed by atoms with Crippen molar-refractivity contribution in [2.75, 3.05) is 0 Å². The van der Waals surface area contributed by atoms with E-state index in [4.69, 9.17) is 9.73 Å². The number of hydrogen-bond acceptors (Lipinski definition) is 3. The Kier molecular flexibility index (Phi) is 4.03. The zero-order chi connectivity index (χ0) is 16.4. The molecule has 0 amide bonds. The second kappa shape index (κ2) is 5.99. The average Bonchev–Trinajstić information content (AvgIpc) is 2.77. The van der Waals surface area contributed by atoms with Gasteiger partial charge in [0.25, 0.3) is 0 Å². The van der Waals surface area contributed by atoms with E-state index in [0.29, 0.717) is 5.56 Å². The fraction of sp³-hybridized carbons (Fsp3) is 0.300. The first-order chi connectivity index (χ1) is 11.0. The van der Waals surface area contributed by atoms with Crippen LogP contribution in [0, 0.1) is 0 Å². The minimum Gasteiger partial charge on any atom is -0.452 e. The first kappa shape index (κ1) is 15.5. The summed E-state index contributed by atoms with van der Waals surface area (Å²) in [7, 11) is 0. The summed E-state index contributed by atoms with van der Waals surface area (Å²) < 4.78 is 5.84. The third kappa shape index (κ3) is 3.04. The second-order valence-electron chi connectivity index (χ2n) is 6.49. The Labute approximate surface area is 137 Å². The van der Waals surface area contributed by atoms with Gasteiger partial charge in [-0.05, 0) is 38.5 Å². The number of benzene rings is 2. The van der Waals surface area contributed by atoms with Crippen LogP contribution in [0.25, 0.3) is 0 Å². The number of aliphatic imine (C=N–C) groups is 1. The molecule has 0 saturated heterocycles. The number of hydrogen-bond donors (Lipinski definition) is 0. The molecule has 23 heavy (non-hydrogen) atoms. The Hall–Kier alpha value is -2.42. The Bertz CT molecular complexity index is 720. The number of carbonyl (C=O) groups excluding carboxylic acids is 1. The topological polar surface area (TPSA) is 38.7 Å². The smallest absolute Gasteiger partial charge is 0.338 e. The Balaban J connectivity index is 1.90. The zero-order valence-corrected chi connectivity index (χ0v) is 13.7. The van der Waals surface area contributed by atoms with E-state index in [1.54, 1.807) is 12.1 Å². The first-order valence-corrected chi connectivity index (χ1v) is 7.86. The lowest BCUT2D eigenvalue weighted by molar-refractivity contribution is 0.0368. The second-order valence-corrected chi connectivity index (χ2v) is 6.49. The molecule has 2 atom stereocenters. The Morgan fingerprint density at radius 3 is 2.17 bits per heavy atom. The highest BCUT2D eigenvalue weighted by Crippen LogP contribution is 2.41. The van der Waals surface area contributed by atoms with Crippen LogP contribution in [0.3, 0.4) is 0 Å². The summed E-state index contributed by atoms with van der Waals surface area (Å²) in [6, 6.07) is 19.3. The summed E-state index contributed by atoms with van der Waals surface area (Å²) >= 11 is 0. The molecule has 2 unspecified atom stereocenters. The Morgan fingerprint density at radius 1 is 1.00 bits per heavy atom. The van der Waals surface area contributed by atoms with Gasteiger partial charge in [0, 0.05) is 0 Å². The van der Waals surface area contributed by atoms with Crippen molar-refractivity contribution in [3.8, 4) is 0 Å². The lowest BCUT2D eigenvalue weighted by atomic mass is 9.80. The predicted octanol–water partition coefficient (Wildman–Crippen LogP) is 4.25. The molecule has 3 heteroatoms. The molecule has 2 aromatic carbocycles. The lowest BCUT2D eigenvalue weighted by Crippen LogP contribution is -2.35. The SMILES string of the molecule is CC1=NC(C)(C)C(c2ccccc2)C1OC(=O)c1ccccc1. The predicted molar refractivity (Wildman–Crippen MR) is 92.0 cm³/mol. The van der Waals surface area contributed by atoms with Crippen LogP contribution in [0.5, 0.6) is 0 Å². The summed E-state index contributed by atoms with van der Waals surface area (Å²) in [5.74, 6) is -0.278. The maximum absolute atomic E-state index is 12.5. The minimum atomic E-state index is -0.333. The molecule has 1 heterocycles. The van der Waals surface area contributed by atoms with Crippen molar-refractivity contribution in [1.29, 1.82) is 0 Å². The number of esters is 1. The molecule has 0 saturated carbocycles. The summed E-state index contributed by atoms with van der Waals surface area (Å²) in [6.07, 6.45) is -0.333. The van der Waals surface area contributed by atoms with Crippen LogP contribution in [0.15, 0.2) is 65.7 Å². The van der Waals surface area contributed by atoms with Gasteiger partial charge in [-0.25, -0.2) is 4.79 Å². The van der Waals surface area contributed by atoms with Crippen LogP contribution in [-0.4, -0.2) is 23.3 Å². The number of carbonyl (C=O) groups is 1. The molecule has 3 rings (SSSR count). The summed E-state index contributed by atoms with van der Waals surface area (Å²) in [5.41, 5.74) is 2.28. The van der Waals surface area contributed by atoms with Crippen LogP contribution in [0.1, 0.15) is 42.6 Å². The minimum absolute atomic E-state index is 0.0244. The van der Waals surface area contributed by atoms with Gasteiger partial charge in [0.05, 0.1) is 22.7 Å². The van der Waals surface area contributed by atoms with E-state index >= 15 is 0 Å². The molecule has 2 aromatic rings. The maximum Gasteiger partial charge on any atom is 0.338 e. The highest BCUT2D eigenvalue weighted by Gasteiger charge is 2.45. The monoisotopic (exact) mass is 307 g/mol. The van der Waals surface area contributed by atoms with Crippen LogP contribution < -0.4 is 0 Å². The highest BCUT2D eigenvalue weighted by molar-refractivity contribution is 5.95. The molecule has 0 fully saturated rings. The van der Waals surface area contributed by atoms with Gasteiger partial charge in [-0.2, -0.15) is 0 Å². The highest BCUT2D eigenvalue weighted by atomic mass is 16.5. The summed E-state index contributed by atoms with van der Waals surface area (Å²) in [5, 5.41) is 0. The van der Waals surface area contributed by atoms with Gasteiger partial charge in [-0.3, -0.25) is 4.99 Å². The maximum atomic E-state index is 12.5. The Morgan fingerprint density at radius 2 is 1.57 bits per heavy atom. The van der Waals surface area contributed by atoms with Crippen molar-refractivity contribution in [2.45, 2.75) is 38.3 Å². The third-order valence-corrected chi connectivity index (χ3v) is 4.34. The molecule has 0 spiro atoms. The van der Waals surface area contributed by atoms with Crippen LogP contribution in [0.4, 0.5) is 0 Å². The molecule has 0 radical (unpaired) electrons. The van der Waals surface area contributed by atoms with E-state index in [0.717, 1.165) is 11.3 Å². The molecule has 0 aliphatic carbocycles. The lowest BCUT2D eigenvalue weighted by Gasteiger charge is -2.29. The molecule has 1 aliphatic heterocycles. The number of rotatable bonds is 3. The van der Waals surface area contributed by atoms with Gasteiger partial charge in [0.1, 0.15) is 6.10 Å². The zero-order valence-electron chi connectivity index (χ0n) is 13.7. The normalized spacial score (nSPS) is 22.5.